The van der Waals surface area contributed by atoms with Crippen LogP contribution in [0.3, 0.4) is 0 Å². The fourth-order valence-electron chi connectivity index (χ4n) is 14.4. The van der Waals surface area contributed by atoms with Gasteiger partial charge in [-0.25, -0.2) is 35.5 Å². The van der Waals surface area contributed by atoms with Crippen LogP contribution in [0, 0.1) is 34.6 Å². The summed E-state index contributed by atoms with van der Waals surface area (Å²) in [5, 5.41) is 27.6. The Morgan fingerprint density at radius 1 is 0.527 bits per heavy atom. The van der Waals surface area contributed by atoms with Gasteiger partial charge in [0.1, 0.15) is 26.7 Å². The Labute approximate surface area is 688 Å². The minimum absolute atomic E-state index is 0.130. The molecule has 9 heterocycles. The van der Waals surface area contributed by atoms with Gasteiger partial charge in [0.15, 0.2) is 0 Å². The van der Waals surface area contributed by atoms with Gasteiger partial charge in [0.25, 0.3) is 29.5 Å². The lowest BCUT2D eigenvalue weighted by Gasteiger charge is -2.41. The average molecular weight is 1660 g/mol. The van der Waals surface area contributed by atoms with Crippen LogP contribution in [0.1, 0.15) is 203 Å². The maximum absolute atomic E-state index is 13.0. The van der Waals surface area contributed by atoms with Gasteiger partial charge in [-0.2, -0.15) is 34.0 Å². The number of thiocarbonyl (C=S) groups is 1. The second-order valence-electron chi connectivity index (χ2n) is 29.9. The third-order valence-corrected chi connectivity index (χ3v) is 23.4. The zero-order chi connectivity index (χ0) is 81.8. The number of amides is 9. The van der Waals surface area contributed by atoms with Gasteiger partial charge in [-0.05, 0) is 243 Å². The number of ether oxygens (including phenoxy) is 1. The summed E-state index contributed by atoms with van der Waals surface area (Å²) in [5.74, 6) is -1.05. The SMILES string of the molecule is CCNC(=O)c1cc(C)c(C(=O)NCC[C@@H](C)N2CCC(N(Cc3ccsc3)C(=O)NOC)CC2)c(C)n1.COCC(=S)N(Cc1ccsc1)C1CCN([C@H](C)CCNC(=O)c2c(C)cc(Cl)nc2Cl)CC1.CONC(=O)N(Cc1ccsc1)C1CCN([C@H](C)CCNC(=O)c2c(C)cc(C(=O)NC(C)(C)C)nc2C)CC1. The number of pyridine rings is 3. The number of methoxy groups -OCH3 is 1. The van der Waals surface area contributed by atoms with Crippen LogP contribution in [0.25, 0.3) is 0 Å². The normalized spacial score (nSPS) is 15.4. The molecule has 7 N–H and O–H groups in total. The number of rotatable bonds is 31. The van der Waals surface area contributed by atoms with E-state index in [-0.39, 0.29) is 81.6 Å². The van der Waals surface area contributed by atoms with Crippen molar-refractivity contribution in [1.29, 1.82) is 0 Å². The third-order valence-electron chi connectivity index (χ3n) is 20.4. The van der Waals surface area contributed by atoms with E-state index < -0.39 is 0 Å². The van der Waals surface area contributed by atoms with Crippen molar-refractivity contribution in [2.75, 3.05) is 93.4 Å². The molecule has 26 nitrogen and oxygen atoms in total. The van der Waals surface area contributed by atoms with Crippen LogP contribution in [0.15, 0.2) is 68.7 Å². The number of likely N-dealkylation sites (tertiary alicyclic amines) is 3. The molecule has 3 saturated heterocycles. The molecule has 6 aromatic rings. The van der Waals surface area contributed by atoms with Crippen LogP contribution in [0.4, 0.5) is 9.59 Å². The Hall–Kier alpha value is -7.33. The topological polar surface area (TPSA) is 290 Å². The predicted molar refractivity (Wildman–Crippen MR) is 450 cm³/mol. The van der Waals surface area contributed by atoms with Gasteiger partial charge in [-0.15, -0.1) is 0 Å². The zero-order valence-electron chi connectivity index (χ0n) is 67.7. The number of hydroxylamine groups is 2. The van der Waals surface area contributed by atoms with Crippen molar-refractivity contribution in [2.45, 2.75) is 202 Å². The molecule has 3 atom stereocenters. The van der Waals surface area contributed by atoms with Gasteiger partial charge < -0.3 is 60.7 Å². The van der Waals surface area contributed by atoms with E-state index in [1.807, 2.05) is 74.2 Å². The van der Waals surface area contributed by atoms with Gasteiger partial charge in [0.05, 0.1) is 48.9 Å². The number of aryl methyl sites for hydroxylation is 5. The van der Waals surface area contributed by atoms with Crippen molar-refractivity contribution < 1.29 is 48.0 Å². The fraction of sp³-hybridized carbons (Fsp3) is 0.562. The predicted octanol–water partition coefficient (Wildman–Crippen LogP) is 12.5. The molecule has 3 aliphatic rings. The number of hydrogen-bond donors (Lipinski definition) is 7. The fourth-order valence-corrected chi connectivity index (χ4v) is 17.3. The molecule has 9 amide bonds. The maximum atomic E-state index is 13.0. The molecule has 0 aliphatic carbocycles. The number of carbonyl (C=O) groups excluding carboxylic acids is 7. The molecule has 3 fully saturated rings. The molecule has 0 saturated carbocycles. The summed E-state index contributed by atoms with van der Waals surface area (Å²) in [6, 6.07) is 12.4. The quantitative estimate of drug-likeness (QED) is 0.0121. The average Bonchev–Trinajstić information content (AvgIpc) is 0.905. The van der Waals surface area contributed by atoms with Crippen LogP contribution in [0.2, 0.25) is 10.3 Å². The number of halogens is 2. The van der Waals surface area contributed by atoms with E-state index in [4.69, 9.17) is 49.8 Å². The van der Waals surface area contributed by atoms with Crippen LogP contribution in [-0.4, -0.2) is 226 Å². The molecule has 3 aliphatic heterocycles. The third kappa shape index (κ3) is 28.0. The molecule has 0 spiro atoms. The highest BCUT2D eigenvalue weighted by molar-refractivity contribution is 7.80. The van der Waals surface area contributed by atoms with E-state index in [0.29, 0.717) is 97.4 Å². The van der Waals surface area contributed by atoms with Gasteiger partial charge >= 0.3 is 12.1 Å². The zero-order valence-corrected chi connectivity index (χ0v) is 72.4. The summed E-state index contributed by atoms with van der Waals surface area (Å²) in [6.07, 6.45) is 8.06. The van der Waals surface area contributed by atoms with Gasteiger partial charge in [-0.3, -0.25) is 33.6 Å². The van der Waals surface area contributed by atoms with Gasteiger partial charge in [-0.1, -0.05) is 35.4 Å². The Morgan fingerprint density at radius 2 is 0.884 bits per heavy atom. The second kappa shape index (κ2) is 45.7. The minimum Gasteiger partial charge on any atom is -0.378 e. The largest absolute Gasteiger partial charge is 0.378 e. The summed E-state index contributed by atoms with van der Waals surface area (Å²) in [4.78, 5) is 125. The van der Waals surface area contributed by atoms with Gasteiger partial charge in [0, 0.05) is 134 Å². The minimum atomic E-state index is -0.370. The van der Waals surface area contributed by atoms with Crippen LogP contribution in [0.5, 0.6) is 0 Å². The summed E-state index contributed by atoms with van der Waals surface area (Å²) < 4.78 is 5.33. The van der Waals surface area contributed by atoms with Gasteiger partial charge in [0.2, 0.25) is 0 Å². The smallest absolute Gasteiger partial charge is 0.341 e. The number of carbonyl (C=O) groups is 7. The number of thiophene rings is 3. The number of aromatic nitrogens is 3. The Morgan fingerprint density at radius 3 is 1.21 bits per heavy atom. The highest BCUT2D eigenvalue weighted by Crippen LogP contribution is 2.28. The number of piperidine rings is 3. The first-order valence-corrected chi connectivity index (χ1v) is 42.4. The summed E-state index contributed by atoms with van der Waals surface area (Å²) in [6.45, 7) is 33.2. The molecule has 9 rings (SSSR count). The Kier molecular flexibility index (Phi) is 37.5. The van der Waals surface area contributed by atoms with E-state index in [1.54, 1.807) is 80.1 Å². The highest BCUT2D eigenvalue weighted by atomic mass is 35.5. The van der Waals surface area contributed by atoms with E-state index in [0.717, 1.165) is 136 Å². The van der Waals surface area contributed by atoms with Crippen LogP contribution in [-0.2, 0) is 34.0 Å². The van der Waals surface area contributed by atoms with E-state index in [1.165, 1.54) is 19.8 Å². The molecular weight excluding hydrogens is 1540 g/mol. The van der Waals surface area contributed by atoms with Crippen LogP contribution >= 0.6 is 69.4 Å². The maximum Gasteiger partial charge on any atom is 0.341 e. The second-order valence-corrected chi connectivity index (χ2v) is 33.4. The Bertz CT molecular complexity index is 3950. The first-order chi connectivity index (χ1) is 53.4. The van der Waals surface area contributed by atoms with Crippen molar-refractivity contribution in [3.05, 3.63) is 152 Å². The van der Waals surface area contributed by atoms with Crippen molar-refractivity contribution in [3.63, 3.8) is 0 Å². The van der Waals surface area contributed by atoms with E-state index >= 15 is 0 Å². The number of urea groups is 2. The number of nitrogens with zero attached hydrogens (tertiary/aromatic N) is 9. The Balaban J connectivity index is 0.000000234. The summed E-state index contributed by atoms with van der Waals surface area (Å²) >= 11 is 22.7. The van der Waals surface area contributed by atoms with Crippen molar-refractivity contribution in [2.24, 2.45) is 0 Å². The molecule has 32 heteroatoms. The van der Waals surface area contributed by atoms with E-state index in [9.17, 15) is 33.6 Å². The first-order valence-electron chi connectivity index (χ1n) is 38.4. The number of nitrogens with one attached hydrogen (secondary N) is 7. The molecule has 112 heavy (non-hydrogen) atoms. The first kappa shape index (κ1) is 91.8. The molecule has 6 aromatic heterocycles. The monoisotopic (exact) mass is 1660 g/mol. The van der Waals surface area contributed by atoms with Crippen molar-refractivity contribution in [1.82, 2.24) is 81.9 Å². The number of hydrogen-bond acceptors (Lipinski definition) is 20. The lowest BCUT2D eigenvalue weighted by molar-refractivity contribution is 0.0563. The highest BCUT2D eigenvalue weighted by Gasteiger charge is 2.34. The van der Waals surface area contributed by atoms with E-state index in [2.05, 4.69) is 120 Å². The molecule has 0 bridgehead atoms. The molecule has 0 aromatic carbocycles. The van der Waals surface area contributed by atoms with Crippen LogP contribution < -0.4 is 37.5 Å². The molecular formula is C80H116Cl2N16O10S4. The van der Waals surface area contributed by atoms with Crippen molar-refractivity contribution in [3.8, 4) is 0 Å². The molecule has 0 radical (unpaired) electrons. The summed E-state index contributed by atoms with van der Waals surface area (Å²) in [7, 11) is 4.59. The van der Waals surface area contributed by atoms with Crippen molar-refractivity contribution >= 4 is 116 Å². The lowest BCUT2D eigenvalue weighted by Crippen LogP contribution is -2.51. The molecule has 0 unspecified atom stereocenters. The molecule has 614 valence electrons. The standard InChI is InChI=1S/C29H44N6O4S.C27H40N6O4S.C24H32Cl2N4O2S2/c1-19-16-24(26(36)32-29(4,5)6)31-21(3)25(19)27(37)30-12-8-20(2)34-13-9-23(10-14-34)35(28(38)33-39-7)17-22-11-15-40-18-22;1-6-28-25(34)23-15-18(2)24(20(4)30-23)26(35)29-11-7-19(3)32-12-8-22(9-13-32)33(27(36)31-37-5)16-21-10-14-38-17-21;1-16-12-20(25)28-23(26)22(16)24(31)27-8-4-17(2)29-9-5-19(6-10-29)30(21(33)14-32-3)13-18-7-11-34-15-18/h11,15-16,18,20,23H,8-10,12-14,17H2,1-7H3,(H,30,37)(H,32,36)(H,33,38);10,14-15,17,19,22H,6-9,11-13,16H2,1-5H3,(H,28,34)(H,29,35)(H,31,36);7,11-12,15,17,19H,4-6,8-10,13-14H2,1-3H3,(H,27,31)/t20-;19-;17-/m111/s1. The lowest BCUT2D eigenvalue weighted by atomic mass is 10.00. The summed E-state index contributed by atoms with van der Waals surface area (Å²) in [5.41, 5.74) is 13.4.